The van der Waals surface area contributed by atoms with Gasteiger partial charge >= 0.3 is 5.97 Å². The lowest BCUT2D eigenvalue weighted by molar-refractivity contribution is -0.149. The highest BCUT2D eigenvalue weighted by molar-refractivity contribution is 6.30. The molecule has 2 unspecified atom stereocenters. The van der Waals surface area contributed by atoms with Gasteiger partial charge in [0.05, 0.1) is 7.11 Å². The minimum Gasteiger partial charge on any atom is -0.468 e. The average molecular weight is 377 g/mol. The van der Waals surface area contributed by atoms with Crippen LogP contribution in [0.15, 0.2) is 36.4 Å². The molecule has 26 heavy (non-hydrogen) atoms. The fourth-order valence-corrected chi connectivity index (χ4v) is 3.86. The maximum Gasteiger partial charge on any atom is 0.327 e. The van der Waals surface area contributed by atoms with Gasteiger partial charge in [-0.1, -0.05) is 35.9 Å². The minimum absolute atomic E-state index is 0.110. The Morgan fingerprint density at radius 1 is 1.12 bits per heavy atom. The number of carbonyl (C=O) groups is 2. The summed E-state index contributed by atoms with van der Waals surface area (Å²) < 4.78 is 5.02. The van der Waals surface area contributed by atoms with Crippen LogP contribution < -0.4 is 0 Å². The molecule has 0 spiro atoms. The zero-order valence-electron chi connectivity index (χ0n) is 15.1. The third kappa shape index (κ3) is 4.27. The van der Waals surface area contributed by atoms with E-state index in [-0.39, 0.29) is 17.8 Å². The molecule has 140 valence electrons. The number of amides is 1. The van der Waals surface area contributed by atoms with Crippen molar-refractivity contribution in [3.05, 3.63) is 47.0 Å². The second-order valence-electron chi connectivity index (χ2n) is 6.82. The number of carbonyl (C=O) groups excluding carboxylic acids is 2. The largest absolute Gasteiger partial charge is 0.468 e. The van der Waals surface area contributed by atoms with E-state index >= 15 is 0 Å². The van der Waals surface area contributed by atoms with Crippen molar-refractivity contribution in [3.63, 3.8) is 0 Å². The molecule has 0 bridgehead atoms. The smallest absolute Gasteiger partial charge is 0.327 e. The van der Waals surface area contributed by atoms with Crippen LogP contribution in [0.3, 0.4) is 0 Å². The summed E-state index contributed by atoms with van der Waals surface area (Å²) in [6.45, 7) is 2.58. The fraction of sp³-hybridized carbons (Fsp3) is 0.500. The van der Waals surface area contributed by atoms with E-state index in [9.17, 15) is 9.59 Å². The van der Waals surface area contributed by atoms with Gasteiger partial charge in [0, 0.05) is 37.1 Å². The summed E-state index contributed by atoms with van der Waals surface area (Å²) in [5.74, 6) is 0.0684. The highest BCUT2D eigenvalue weighted by Gasteiger charge is 2.33. The molecule has 0 N–H and O–H groups in total. The zero-order valence-corrected chi connectivity index (χ0v) is 15.8. The molecule has 1 aromatic carbocycles. The Hall–Kier alpha value is -1.85. The normalized spacial score (nSPS) is 22.1. The van der Waals surface area contributed by atoms with Gasteiger partial charge in [0.1, 0.15) is 6.04 Å². The van der Waals surface area contributed by atoms with Crippen molar-refractivity contribution in [2.75, 3.05) is 33.3 Å². The first kappa shape index (κ1) is 18.9. The number of esters is 1. The van der Waals surface area contributed by atoms with Gasteiger partial charge in [-0.2, -0.15) is 0 Å². The molecule has 1 saturated heterocycles. The molecule has 1 aromatic rings. The third-order valence-electron chi connectivity index (χ3n) is 5.22. The number of hydrogen-bond donors (Lipinski definition) is 0. The van der Waals surface area contributed by atoms with Crippen molar-refractivity contribution in [2.24, 2.45) is 5.92 Å². The van der Waals surface area contributed by atoms with Crippen molar-refractivity contribution < 1.29 is 14.3 Å². The van der Waals surface area contributed by atoms with Crippen molar-refractivity contribution in [1.82, 2.24) is 9.80 Å². The van der Waals surface area contributed by atoms with Gasteiger partial charge in [0.2, 0.25) is 5.91 Å². The Balaban J connectivity index is 1.65. The van der Waals surface area contributed by atoms with Gasteiger partial charge in [0.15, 0.2) is 0 Å². The van der Waals surface area contributed by atoms with Crippen LogP contribution in [0.4, 0.5) is 0 Å². The van der Waals surface area contributed by atoms with Crippen molar-refractivity contribution >= 4 is 23.5 Å². The highest BCUT2D eigenvalue weighted by atomic mass is 35.5. The monoisotopic (exact) mass is 376 g/mol. The molecule has 3 rings (SSSR count). The fourth-order valence-electron chi connectivity index (χ4n) is 3.73. The van der Waals surface area contributed by atoms with Gasteiger partial charge in [0.25, 0.3) is 0 Å². The van der Waals surface area contributed by atoms with Crippen LogP contribution >= 0.6 is 11.6 Å². The molecule has 1 aliphatic heterocycles. The summed E-state index contributed by atoms with van der Waals surface area (Å²) in [6, 6.07) is 6.81. The molecule has 5 nitrogen and oxygen atoms in total. The number of hydrogen-bond acceptors (Lipinski definition) is 4. The van der Waals surface area contributed by atoms with Crippen LogP contribution in [-0.2, 0) is 14.3 Å². The first-order chi connectivity index (χ1) is 12.6. The van der Waals surface area contributed by atoms with Gasteiger partial charge in [-0.05, 0) is 37.0 Å². The molecular weight excluding hydrogens is 352 g/mol. The first-order valence-corrected chi connectivity index (χ1v) is 9.49. The summed E-state index contributed by atoms with van der Waals surface area (Å²) >= 11 is 5.96. The molecule has 1 amide bonds. The molecule has 0 aromatic heterocycles. The number of rotatable bonds is 4. The molecule has 2 atom stereocenters. The second kappa shape index (κ2) is 8.69. The quantitative estimate of drug-likeness (QED) is 0.598. The van der Waals surface area contributed by atoms with Crippen LogP contribution in [0.25, 0.3) is 0 Å². The number of methoxy groups -OCH3 is 1. The van der Waals surface area contributed by atoms with E-state index in [0.29, 0.717) is 31.2 Å². The number of nitrogens with zero attached hydrogens (tertiary/aromatic N) is 2. The van der Waals surface area contributed by atoms with Crippen LogP contribution in [-0.4, -0.2) is 55.0 Å². The Morgan fingerprint density at radius 3 is 2.38 bits per heavy atom. The molecule has 2 aliphatic rings. The van der Waals surface area contributed by atoms with Crippen LogP contribution in [0.5, 0.6) is 0 Å². The van der Waals surface area contributed by atoms with Crippen LogP contribution in [0.1, 0.15) is 30.9 Å². The van der Waals surface area contributed by atoms with Crippen molar-refractivity contribution in [2.45, 2.75) is 25.3 Å². The lowest BCUT2D eigenvalue weighted by Gasteiger charge is -2.39. The molecule has 0 saturated carbocycles. The Kier molecular flexibility index (Phi) is 6.33. The van der Waals surface area contributed by atoms with Gasteiger partial charge in [-0.15, -0.1) is 0 Å². The van der Waals surface area contributed by atoms with Crippen LogP contribution in [0.2, 0.25) is 5.02 Å². The lowest BCUT2D eigenvalue weighted by Crippen LogP contribution is -2.52. The van der Waals surface area contributed by atoms with E-state index in [1.165, 1.54) is 7.11 Å². The Morgan fingerprint density at radius 2 is 1.81 bits per heavy atom. The summed E-state index contributed by atoms with van der Waals surface area (Å²) in [5, 5.41) is 0.634. The van der Waals surface area contributed by atoms with Crippen molar-refractivity contribution in [3.8, 4) is 0 Å². The number of halogens is 1. The first-order valence-electron chi connectivity index (χ1n) is 9.11. The predicted molar refractivity (Wildman–Crippen MR) is 101 cm³/mol. The number of allylic oxidation sites excluding steroid dienone is 2. The third-order valence-corrected chi connectivity index (χ3v) is 5.47. The topological polar surface area (TPSA) is 49.9 Å². The van der Waals surface area contributed by atoms with Crippen molar-refractivity contribution in [1.29, 1.82) is 0 Å². The van der Waals surface area contributed by atoms with E-state index in [4.69, 9.17) is 16.3 Å². The molecular formula is C20H25ClN2O3. The lowest BCUT2D eigenvalue weighted by atomic mass is 9.93. The molecule has 0 radical (unpaired) electrons. The molecule has 1 fully saturated rings. The van der Waals surface area contributed by atoms with Gasteiger partial charge in [-0.3, -0.25) is 9.69 Å². The van der Waals surface area contributed by atoms with E-state index in [1.807, 2.05) is 17.0 Å². The van der Waals surface area contributed by atoms with Gasteiger partial charge < -0.3 is 9.64 Å². The van der Waals surface area contributed by atoms with Crippen LogP contribution in [0, 0.1) is 5.92 Å². The molecule has 1 aliphatic carbocycles. The Labute approximate surface area is 159 Å². The van der Waals surface area contributed by atoms with E-state index < -0.39 is 6.04 Å². The standard InChI is InChI=1S/C20H25ClN2O3/c1-26-20(25)18(15-7-9-17(21)10-8-15)22-11-13-23(14-12-22)19(24)16-5-3-2-4-6-16/h2-3,7-10,16,18H,4-6,11-14H2,1H3. The predicted octanol–water partition coefficient (Wildman–Crippen LogP) is 3.05. The minimum atomic E-state index is -0.466. The summed E-state index contributed by atoms with van der Waals surface area (Å²) in [5.41, 5.74) is 0.860. The molecule has 6 heteroatoms. The number of ether oxygens (including phenoxy) is 1. The zero-order chi connectivity index (χ0) is 18.5. The highest BCUT2D eigenvalue weighted by Crippen LogP contribution is 2.26. The van der Waals surface area contributed by atoms with E-state index in [0.717, 1.165) is 24.8 Å². The maximum atomic E-state index is 12.7. The van der Waals surface area contributed by atoms with Gasteiger partial charge in [-0.25, -0.2) is 4.79 Å². The van der Waals surface area contributed by atoms with E-state index in [1.54, 1.807) is 12.1 Å². The summed E-state index contributed by atoms with van der Waals surface area (Å²) in [6.07, 6.45) is 7.02. The number of benzene rings is 1. The second-order valence-corrected chi connectivity index (χ2v) is 7.26. The SMILES string of the molecule is COC(=O)C(c1ccc(Cl)cc1)N1CCN(C(=O)C2CC=CCC2)CC1. The van der Waals surface area contributed by atoms with E-state index in [2.05, 4.69) is 17.1 Å². The number of piperazine rings is 1. The maximum absolute atomic E-state index is 12.7. The Bertz CT molecular complexity index is 666. The summed E-state index contributed by atoms with van der Waals surface area (Å²) in [7, 11) is 1.40. The average Bonchev–Trinajstić information content (AvgIpc) is 2.70. The summed E-state index contributed by atoms with van der Waals surface area (Å²) in [4.78, 5) is 29.1. The molecule has 1 heterocycles.